The number of rotatable bonds is 1. The van der Waals surface area contributed by atoms with Crippen molar-refractivity contribution in [2.45, 2.75) is 38.8 Å². The van der Waals surface area contributed by atoms with Gasteiger partial charge in [-0.2, -0.15) is 0 Å². The molecule has 0 amide bonds. The summed E-state index contributed by atoms with van der Waals surface area (Å²) in [5, 5.41) is 0.601. The molecule has 0 radical (unpaired) electrons. The van der Waals surface area contributed by atoms with Crippen LogP contribution in [0.15, 0.2) is 0 Å². The number of aromatic nitrogens is 2. The van der Waals surface area contributed by atoms with Crippen molar-refractivity contribution in [2.24, 2.45) is 5.73 Å². The van der Waals surface area contributed by atoms with Gasteiger partial charge in [-0.3, -0.25) is 0 Å². The van der Waals surface area contributed by atoms with Crippen molar-refractivity contribution in [2.75, 3.05) is 0 Å². The highest BCUT2D eigenvalue weighted by Crippen LogP contribution is 2.30. The fourth-order valence-electron chi connectivity index (χ4n) is 1.96. The van der Waals surface area contributed by atoms with Crippen molar-refractivity contribution in [1.82, 2.24) is 9.55 Å². The molecule has 0 aliphatic carbocycles. The van der Waals surface area contributed by atoms with Crippen LogP contribution in [0.1, 0.15) is 37.3 Å². The van der Waals surface area contributed by atoms with Crippen molar-refractivity contribution in [3.8, 4) is 0 Å². The molecule has 1 aromatic rings. The second-order valence-electron chi connectivity index (χ2n) is 3.46. The van der Waals surface area contributed by atoms with Gasteiger partial charge in [-0.05, 0) is 12.8 Å². The Morgan fingerprint density at radius 1 is 1.69 bits per heavy atom. The first-order valence-electron chi connectivity index (χ1n) is 4.74. The minimum Gasteiger partial charge on any atom is -0.329 e. The van der Waals surface area contributed by atoms with Crippen LogP contribution in [0, 0.1) is 0 Å². The lowest BCUT2D eigenvalue weighted by molar-refractivity contribution is 0.453. The molecule has 0 fully saturated rings. The predicted octanol–water partition coefficient (Wildman–Crippen LogP) is 1.89. The number of hydrogen-bond donors (Lipinski definition) is 1. The Hall–Kier alpha value is -0.540. The fraction of sp³-hybridized carbons (Fsp3) is 0.667. The first-order valence-corrected chi connectivity index (χ1v) is 5.12. The van der Waals surface area contributed by atoms with Crippen molar-refractivity contribution >= 4 is 11.6 Å². The summed E-state index contributed by atoms with van der Waals surface area (Å²) in [5.74, 6) is 1.06. The van der Waals surface area contributed by atoms with E-state index in [1.165, 1.54) is 0 Å². The molecule has 1 aromatic heterocycles. The largest absolute Gasteiger partial charge is 0.329 e. The third-order valence-corrected chi connectivity index (χ3v) is 2.88. The summed E-state index contributed by atoms with van der Waals surface area (Å²) in [5.41, 5.74) is 7.00. The van der Waals surface area contributed by atoms with E-state index in [2.05, 4.69) is 16.5 Å². The molecule has 13 heavy (non-hydrogen) atoms. The Bertz CT molecular complexity index is 319. The van der Waals surface area contributed by atoms with E-state index in [9.17, 15) is 0 Å². The lowest BCUT2D eigenvalue weighted by Crippen LogP contribution is -2.22. The second-order valence-corrected chi connectivity index (χ2v) is 3.82. The van der Waals surface area contributed by atoms with Gasteiger partial charge in [0, 0.05) is 19.0 Å². The standard InChI is InChI=1S/C9H14ClN3/c1-2-7-12-9(10)8-6(11)4-3-5-13(7)8/h6H,2-5,11H2,1H3. The molecule has 1 atom stereocenters. The highest BCUT2D eigenvalue weighted by Gasteiger charge is 2.23. The lowest BCUT2D eigenvalue weighted by Gasteiger charge is -2.22. The summed E-state index contributed by atoms with van der Waals surface area (Å²) in [6.45, 7) is 3.11. The van der Waals surface area contributed by atoms with E-state index in [4.69, 9.17) is 17.3 Å². The predicted molar refractivity (Wildman–Crippen MR) is 52.8 cm³/mol. The van der Waals surface area contributed by atoms with Crippen LogP contribution < -0.4 is 5.73 Å². The number of nitrogens with two attached hydrogens (primary N) is 1. The third kappa shape index (κ3) is 1.36. The average molecular weight is 200 g/mol. The zero-order valence-corrected chi connectivity index (χ0v) is 8.51. The quantitative estimate of drug-likeness (QED) is 0.751. The van der Waals surface area contributed by atoms with Crippen molar-refractivity contribution in [1.29, 1.82) is 0 Å². The molecule has 3 nitrogen and oxygen atoms in total. The smallest absolute Gasteiger partial charge is 0.152 e. The van der Waals surface area contributed by atoms with Crippen LogP contribution in [-0.4, -0.2) is 9.55 Å². The van der Waals surface area contributed by atoms with Gasteiger partial charge in [0.15, 0.2) is 5.15 Å². The summed E-state index contributed by atoms with van der Waals surface area (Å²) in [7, 11) is 0. The van der Waals surface area contributed by atoms with Gasteiger partial charge in [0.2, 0.25) is 0 Å². The van der Waals surface area contributed by atoms with E-state index in [1.54, 1.807) is 0 Å². The van der Waals surface area contributed by atoms with Crippen LogP contribution in [0.4, 0.5) is 0 Å². The van der Waals surface area contributed by atoms with E-state index < -0.39 is 0 Å². The van der Waals surface area contributed by atoms with E-state index in [0.717, 1.165) is 37.3 Å². The second kappa shape index (κ2) is 3.31. The van der Waals surface area contributed by atoms with E-state index in [-0.39, 0.29) is 6.04 Å². The van der Waals surface area contributed by atoms with Gasteiger partial charge in [-0.15, -0.1) is 0 Å². The first kappa shape index (κ1) is 9.03. The maximum Gasteiger partial charge on any atom is 0.152 e. The molecule has 0 saturated heterocycles. The van der Waals surface area contributed by atoms with Gasteiger partial charge in [0.1, 0.15) is 5.82 Å². The number of nitrogens with zero attached hydrogens (tertiary/aromatic N) is 2. The van der Waals surface area contributed by atoms with Crippen LogP contribution >= 0.6 is 11.6 Å². The molecule has 0 saturated carbocycles. The summed E-state index contributed by atoms with van der Waals surface area (Å²) in [6, 6.07) is 0.0778. The maximum atomic E-state index is 6.02. The Kier molecular flexibility index (Phi) is 2.30. The van der Waals surface area contributed by atoms with Crippen molar-refractivity contribution < 1.29 is 0 Å². The molecular weight excluding hydrogens is 186 g/mol. The van der Waals surface area contributed by atoms with Gasteiger partial charge in [0.05, 0.1) is 5.69 Å². The average Bonchev–Trinajstić information content (AvgIpc) is 2.44. The topological polar surface area (TPSA) is 43.8 Å². The van der Waals surface area contributed by atoms with E-state index in [1.807, 2.05) is 0 Å². The van der Waals surface area contributed by atoms with E-state index in [0.29, 0.717) is 5.15 Å². The molecule has 4 heteroatoms. The minimum absolute atomic E-state index is 0.0778. The summed E-state index contributed by atoms with van der Waals surface area (Å²) >= 11 is 6.02. The molecule has 1 aliphatic heterocycles. The van der Waals surface area contributed by atoms with Crippen LogP contribution in [0.2, 0.25) is 5.15 Å². The van der Waals surface area contributed by atoms with Crippen molar-refractivity contribution in [3.05, 3.63) is 16.7 Å². The molecular formula is C9H14ClN3. The number of halogens is 1. The third-order valence-electron chi connectivity index (χ3n) is 2.61. The molecule has 1 unspecified atom stereocenters. The Morgan fingerprint density at radius 3 is 3.15 bits per heavy atom. The molecule has 2 N–H and O–H groups in total. The van der Waals surface area contributed by atoms with Gasteiger partial charge in [0.25, 0.3) is 0 Å². The van der Waals surface area contributed by atoms with Crippen molar-refractivity contribution in [3.63, 3.8) is 0 Å². The van der Waals surface area contributed by atoms with Gasteiger partial charge in [-0.1, -0.05) is 18.5 Å². The zero-order valence-electron chi connectivity index (χ0n) is 7.76. The minimum atomic E-state index is 0.0778. The van der Waals surface area contributed by atoms with Crippen LogP contribution in [0.25, 0.3) is 0 Å². The molecule has 0 aromatic carbocycles. The number of fused-ring (bicyclic) bond motifs is 1. The number of aryl methyl sites for hydroxylation is 1. The normalized spacial score (nSPS) is 21.6. The monoisotopic (exact) mass is 199 g/mol. The lowest BCUT2D eigenvalue weighted by atomic mass is 10.1. The summed E-state index contributed by atoms with van der Waals surface area (Å²) in [6.07, 6.45) is 3.08. The Labute approximate surface area is 82.9 Å². The molecule has 2 rings (SSSR count). The fourth-order valence-corrected chi connectivity index (χ4v) is 2.30. The SMILES string of the molecule is CCc1nc(Cl)c2n1CCCC2N. The summed E-state index contributed by atoms with van der Waals surface area (Å²) in [4.78, 5) is 4.31. The Morgan fingerprint density at radius 2 is 2.46 bits per heavy atom. The number of imidazole rings is 1. The van der Waals surface area contributed by atoms with Gasteiger partial charge < -0.3 is 10.3 Å². The maximum absolute atomic E-state index is 6.02. The van der Waals surface area contributed by atoms with E-state index >= 15 is 0 Å². The molecule has 0 bridgehead atoms. The van der Waals surface area contributed by atoms with Crippen LogP contribution in [0.5, 0.6) is 0 Å². The molecule has 2 heterocycles. The zero-order chi connectivity index (χ0) is 9.42. The highest BCUT2D eigenvalue weighted by molar-refractivity contribution is 6.30. The first-order chi connectivity index (χ1) is 6.24. The number of hydrogen-bond acceptors (Lipinski definition) is 2. The van der Waals surface area contributed by atoms with Gasteiger partial charge in [-0.25, -0.2) is 4.98 Å². The Balaban J connectivity index is 2.51. The molecule has 1 aliphatic rings. The van der Waals surface area contributed by atoms with Crippen LogP contribution in [-0.2, 0) is 13.0 Å². The molecule has 0 spiro atoms. The van der Waals surface area contributed by atoms with Gasteiger partial charge >= 0.3 is 0 Å². The van der Waals surface area contributed by atoms with Crippen LogP contribution in [0.3, 0.4) is 0 Å². The highest BCUT2D eigenvalue weighted by atomic mass is 35.5. The summed E-state index contributed by atoms with van der Waals surface area (Å²) < 4.78 is 2.18. The molecule has 72 valence electrons.